The Labute approximate surface area is 176 Å². The van der Waals surface area contributed by atoms with E-state index in [2.05, 4.69) is 74.6 Å². The van der Waals surface area contributed by atoms with Crippen molar-refractivity contribution in [1.82, 2.24) is 0 Å². The average molecular weight is 435 g/mol. The molecular formula is C21H20Cl2Zr. The molecule has 0 aromatic heterocycles. The average Bonchev–Trinajstić information content (AvgIpc) is 3.11. The summed E-state index contributed by atoms with van der Waals surface area (Å²) in [5.74, 6) is 0. The molecule has 1 unspecified atom stereocenters. The standard InChI is InChI=1S/C21H20.2ClH.Zr/c1-15-11-12-21(2,14-16-7-3-4-8-16)19-13-17-9-5-6-10-18(17)20(15)19;;;/h3-7,9-13H,8,14H2,1-2H3;2*1H;/q;;;+2/p-2. The Bertz CT molecular complexity index is 781. The monoisotopic (exact) mass is 432 g/mol. The molecule has 0 saturated heterocycles. The van der Waals surface area contributed by atoms with Gasteiger partial charge in [0.25, 0.3) is 0 Å². The van der Waals surface area contributed by atoms with Crippen LogP contribution in [0.3, 0.4) is 0 Å². The van der Waals surface area contributed by atoms with Crippen LogP contribution in [0.15, 0.2) is 71.4 Å². The summed E-state index contributed by atoms with van der Waals surface area (Å²) in [5, 5.41) is 0. The Kier molecular flexibility index (Phi) is 7.30. The molecule has 0 saturated carbocycles. The van der Waals surface area contributed by atoms with Crippen LogP contribution in [0, 0.1) is 5.41 Å². The molecule has 1 atom stereocenters. The van der Waals surface area contributed by atoms with Crippen molar-refractivity contribution in [3.63, 3.8) is 0 Å². The summed E-state index contributed by atoms with van der Waals surface area (Å²) < 4.78 is 0. The van der Waals surface area contributed by atoms with Crippen molar-refractivity contribution in [1.29, 1.82) is 0 Å². The third kappa shape index (κ3) is 3.50. The molecule has 4 rings (SSSR count). The van der Waals surface area contributed by atoms with Crippen LogP contribution in [0.5, 0.6) is 0 Å². The number of hydrogen-bond acceptors (Lipinski definition) is 0. The minimum Gasteiger partial charge on any atom is -1.00 e. The first-order chi connectivity index (χ1) is 10.2. The molecule has 0 heterocycles. The van der Waals surface area contributed by atoms with Gasteiger partial charge >= 0.3 is 26.2 Å². The molecule has 1 aromatic rings. The summed E-state index contributed by atoms with van der Waals surface area (Å²) in [6.45, 7) is 4.62. The fourth-order valence-corrected chi connectivity index (χ4v) is 3.83. The van der Waals surface area contributed by atoms with Crippen molar-refractivity contribution in [3.8, 4) is 0 Å². The van der Waals surface area contributed by atoms with Gasteiger partial charge in [0.05, 0.1) is 0 Å². The van der Waals surface area contributed by atoms with Gasteiger partial charge in [0.15, 0.2) is 0 Å². The maximum Gasteiger partial charge on any atom is 2.00 e. The predicted octanol–water partition coefficient (Wildman–Crippen LogP) is -0.285. The van der Waals surface area contributed by atoms with Gasteiger partial charge in [0.2, 0.25) is 0 Å². The summed E-state index contributed by atoms with van der Waals surface area (Å²) in [5.41, 5.74) is 8.78. The summed E-state index contributed by atoms with van der Waals surface area (Å²) in [6.07, 6.45) is 16.1. The van der Waals surface area contributed by atoms with Gasteiger partial charge in [-0.15, -0.1) is 0 Å². The summed E-state index contributed by atoms with van der Waals surface area (Å²) in [6, 6.07) is 8.78. The van der Waals surface area contributed by atoms with E-state index in [0.29, 0.717) is 0 Å². The van der Waals surface area contributed by atoms with Gasteiger partial charge in [-0.25, -0.2) is 0 Å². The van der Waals surface area contributed by atoms with E-state index in [-0.39, 0.29) is 56.4 Å². The Morgan fingerprint density at radius 3 is 2.58 bits per heavy atom. The van der Waals surface area contributed by atoms with Crippen molar-refractivity contribution >= 4 is 11.6 Å². The summed E-state index contributed by atoms with van der Waals surface area (Å²) >= 11 is 0. The van der Waals surface area contributed by atoms with Crippen LogP contribution in [0.1, 0.15) is 37.8 Å². The zero-order valence-corrected chi connectivity index (χ0v) is 17.9. The molecule has 0 bridgehead atoms. The molecule has 0 spiro atoms. The molecule has 3 aliphatic carbocycles. The topological polar surface area (TPSA) is 0 Å². The fraction of sp³-hybridized carbons (Fsp3) is 0.238. The molecular weight excluding hydrogens is 414 g/mol. The first-order valence-electron chi connectivity index (χ1n) is 7.74. The second kappa shape index (κ2) is 8.17. The Balaban J connectivity index is 0.000000960. The maximum absolute atomic E-state index is 2.41. The van der Waals surface area contributed by atoms with Crippen LogP contribution in [-0.2, 0) is 26.2 Å². The zero-order valence-electron chi connectivity index (χ0n) is 13.9. The Morgan fingerprint density at radius 1 is 1.12 bits per heavy atom. The molecule has 24 heavy (non-hydrogen) atoms. The predicted molar refractivity (Wildman–Crippen MR) is 90.7 cm³/mol. The molecule has 3 aliphatic rings. The zero-order chi connectivity index (χ0) is 14.4. The number of fused-ring (bicyclic) bond motifs is 3. The van der Waals surface area contributed by atoms with E-state index in [1.165, 1.54) is 33.4 Å². The largest absolute Gasteiger partial charge is 2.00 e. The van der Waals surface area contributed by atoms with Crippen molar-refractivity contribution in [3.05, 3.63) is 82.5 Å². The quantitative estimate of drug-likeness (QED) is 0.601. The van der Waals surface area contributed by atoms with E-state index in [0.717, 1.165) is 12.8 Å². The van der Waals surface area contributed by atoms with Gasteiger partial charge < -0.3 is 24.8 Å². The van der Waals surface area contributed by atoms with Crippen LogP contribution in [-0.4, -0.2) is 0 Å². The van der Waals surface area contributed by atoms with Crippen molar-refractivity contribution in [2.45, 2.75) is 26.7 Å². The van der Waals surface area contributed by atoms with Gasteiger partial charge in [0.1, 0.15) is 0 Å². The molecule has 0 nitrogen and oxygen atoms in total. The minimum absolute atomic E-state index is 0. The van der Waals surface area contributed by atoms with Gasteiger partial charge in [-0.2, -0.15) is 0 Å². The number of benzene rings is 1. The van der Waals surface area contributed by atoms with E-state index in [1.807, 2.05) is 0 Å². The maximum atomic E-state index is 2.41. The van der Waals surface area contributed by atoms with Gasteiger partial charge in [-0.3, -0.25) is 0 Å². The fourth-order valence-electron chi connectivity index (χ4n) is 3.83. The van der Waals surface area contributed by atoms with E-state index in [9.17, 15) is 0 Å². The Morgan fingerprint density at radius 2 is 1.88 bits per heavy atom. The second-order valence-electron chi connectivity index (χ2n) is 6.59. The summed E-state index contributed by atoms with van der Waals surface area (Å²) in [4.78, 5) is 0. The van der Waals surface area contributed by atoms with Crippen LogP contribution in [0.4, 0.5) is 0 Å². The van der Waals surface area contributed by atoms with Crippen molar-refractivity contribution < 1.29 is 51.0 Å². The molecule has 0 N–H and O–H groups in total. The molecule has 3 heteroatoms. The number of rotatable bonds is 2. The van der Waals surface area contributed by atoms with Crippen molar-refractivity contribution in [2.24, 2.45) is 5.41 Å². The van der Waals surface area contributed by atoms with Crippen molar-refractivity contribution in [2.75, 3.05) is 0 Å². The molecule has 0 radical (unpaired) electrons. The third-order valence-corrected chi connectivity index (χ3v) is 4.95. The van der Waals surface area contributed by atoms with Gasteiger partial charge in [-0.05, 0) is 53.7 Å². The SMILES string of the molecule is CC1=C2C(=Cc3ccccc32)C(C)(CC2=CC=CC2)C=C1.[Cl-].[Cl-].[Zr+2]. The molecule has 0 fully saturated rings. The van der Waals surface area contributed by atoms with Crippen LogP contribution < -0.4 is 24.8 Å². The first kappa shape index (κ1) is 21.4. The Hall–Kier alpha value is -0.617. The number of hydrogen-bond donors (Lipinski definition) is 0. The molecule has 0 aliphatic heterocycles. The second-order valence-corrected chi connectivity index (χ2v) is 6.59. The normalized spacial score (nSPS) is 22.6. The third-order valence-electron chi connectivity index (χ3n) is 4.95. The van der Waals surface area contributed by atoms with Crippen LogP contribution in [0.25, 0.3) is 11.6 Å². The first-order valence-corrected chi connectivity index (χ1v) is 7.74. The summed E-state index contributed by atoms with van der Waals surface area (Å²) in [7, 11) is 0. The smallest absolute Gasteiger partial charge is 1.00 e. The molecule has 122 valence electrons. The van der Waals surface area contributed by atoms with Crippen LogP contribution in [0.2, 0.25) is 0 Å². The number of halogens is 2. The molecule has 1 aromatic carbocycles. The van der Waals surface area contributed by atoms with E-state index in [1.54, 1.807) is 0 Å². The van der Waals surface area contributed by atoms with Gasteiger partial charge in [-0.1, -0.05) is 67.1 Å². The van der Waals surface area contributed by atoms with E-state index < -0.39 is 0 Å². The minimum atomic E-state index is 0. The van der Waals surface area contributed by atoms with Crippen LogP contribution >= 0.6 is 0 Å². The van der Waals surface area contributed by atoms with E-state index in [4.69, 9.17) is 0 Å². The number of allylic oxidation sites excluding steroid dienone is 9. The molecule has 0 amide bonds. The van der Waals surface area contributed by atoms with Gasteiger partial charge in [0, 0.05) is 5.41 Å². The van der Waals surface area contributed by atoms with E-state index >= 15 is 0 Å².